The van der Waals surface area contributed by atoms with Crippen LogP contribution in [0.5, 0.6) is 0 Å². The standard InChI is InChI=1S/C19H31NO2S/c21-17-13-9-7-5-3-1-2-4-6-8-10-15-19(22)23-18-14-11-12-16-20-18/h11-12,14,16,21H,1-10,13,15,17H2. The van der Waals surface area contributed by atoms with E-state index in [0.717, 1.165) is 24.3 Å². The fraction of sp³-hybridized carbons (Fsp3) is 0.684. The number of thioether (sulfide) groups is 1. The van der Waals surface area contributed by atoms with E-state index in [9.17, 15) is 4.79 Å². The number of hydrogen-bond acceptors (Lipinski definition) is 4. The smallest absolute Gasteiger partial charge is 0.195 e. The summed E-state index contributed by atoms with van der Waals surface area (Å²) in [7, 11) is 0. The Balaban J connectivity index is 1.83. The molecule has 130 valence electrons. The van der Waals surface area contributed by atoms with Crippen molar-refractivity contribution in [3.8, 4) is 0 Å². The molecule has 23 heavy (non-hydrogen) atoms. The summed E-state index contributed by atoms with van der Waals surface area (Å²) in [6.45, 7) is 0.336. The number of carbonyl (C=O) groups is 1. The van der Waals surface area contributed by atoms with E-state index in [-0.39, 0.29) is 5.12 Å². The highest BCUT2D eigenvalue weighted by Crippen LogP contribution is 2.19. The number of nitrogens with zero attached hydrogens (tertiary/aromatic N) is 1. The van der Waals surface area contributed by atoms with Gasteiger partial charge in [0.1, 0.15) is 5.03 Å². The maximum atomic E-state index is 11.8. The Bertz CT molecular complexity index is 398. The number of hydrogen-bond donors (Lipinski definition) is 1. The van der Waals surface area contributed by atoms with E-state index < -0.39 is 0 Å². The molecule has 0 aliphatic heterocycles. The molecular weight excluding hydrogens is 306 g/mol. The summed E-state index contributed by atoms with van der Waals surface area (Å²) < 4.78 is 0. The molecule has 0 aliphatic carbocycles. The van der Waals surface area contributed by atoms with Gasteiger partial charge in [0.15, 0.2) is 5.12 Å². The van der Waals surface area contributed by atoms with Crippen LogP contribution < -0.4 is 0 Å². The van der Waals surface area contributed by atoms with Crippen LogP contribution in [-0.4, -0.2) is 21.8 Å². The van der Waals surface area contributed by atoms with E-state index in [0.29, 0.717) is 13.0 Å². The van der Waals surface area contributed by atoms with E-state index in [4.69, 9.17) is 5.11 Å². The summed E-state index contributed by atoms with van der Waals surface area (Å²) in [5, 5.41) is 9.72. The Labute approximate surface area is 145 Å². The molecule has 1 aromatic rings. The van der Waals surface area contributed by atoms with Crippen LogP contribution >= 0.6 is 11.8 Å². The van der Waals surface area contributed by atoms with Crippen LogP contribution in [-0.2, 0) is 4.79 Å². The fourth-order valence-electron chi connectivity index (χ4n) is 2.55. The molecule has 1 heterocycles. The van der Waals surface area contributed by atoms with Crippen LogP contribution in [0, 0.1) is 0 Å². The van der Waals surface area contributed by atoms with Gasteiger partial charge >= 0.3 is 0 Å². The third kappa shape index (κ3) is 12.2. The number of pyridine rings is 1. The van der Waals surface area contributed by atoms with Crippen molar-refractivity contribution in [1.29, 1.82) is 0 Å². The van der Waals surface area contributed by atoms with Crippen LogP contribution in [0.1, 0.15) is 77.0 Å². The quantitative estimate of drug-likeness (QED) is 0.366. The maximum absolute atomic E-state index is 11.8. The Morgan fingerprint density at radius 1 is 0.870 bits per heavy atom. The lowest BCUT2D eigenvalue weighted by molar-refractivity contribution is -0.111. The first-order valence-corrected chi connectivity index (χ1v) is 9.87. The molecule has 0 saturated carbocycles. The van der Waals surface area contributed by atoms with Crippen molar-refractivity contribution < 1.29 is 9.90 Å². The Kier molecular flexibility index (Phi) is 12.9. The summed E-state index contributed by atoms with van der Waals surface area (Å²) in [5.41, 5.74) is 0. The summed E-state index contributed by atoms with van der Waals surface area (Å²) in [6, 6.07) is 5.66. The predicted molar refractivity (Wildman–Crippen MR) is 97.6 cm³/mol. The van der Waals surface area contributed by atoms with Gasteiger partial charge in [0.2, 0.25) is 0 Å². The maximum Gasteiger partial charge on any atom is 0.195 e. The zero-order chi connectivity index (χ0) is 16.6. The second-order valence-corrected chi connectivity index (χ2v) is 7.08. The number of rotatable bonds is 14. The van der Waals surface area contributed by atoms with E-state index in [2.05, 4.69) is 4.98 Å². The Morgan fingerprint density at radius 2 is 1.43 bits per heavy atom. The van der Waals surface area contributed by atoms with E-state index in [1.165, 1.54) is 63.1 Å². The van der Waals surface area contributed by atoms with Gasteiger partial charge in [0.05, 0.1) is 0 Å². The minimum atomic E-state index is 0.228. The first-order valence-electron chi connectivity index (χ1n) is 9.05. The van der Waals surface area contributed by atoms with Crippen molar-refractivity contribution in [2.24, 2.45) is 0 Å². The van der Waals surface area contributed by atoms with Crippen molar-refractivity contribution in [2.45, 2.75) is 82.1 Å². The van der Waals surface area contributed by atoms with Gasteiger partial charge in [-0.1, -0.05) is 63.9 Å². The Morgan fingerprint density at radius 3 is 1.96 bits per heavy atom. The van der Waals surface area contributed by atoms with Crippen molar-refractivity contribution in [2.75, 3.05) is 6.61 Å². The summed E-state index contributed by atoms with van der Waals surface area (Å²) in [4.78, 5) is 16.0. The number of aliphatic hydroxyl groups is 1. The number of aliphatic hydroxyl groups excluding tert-OH is 1. The zero-order valence-electron chi connectivity index (χ0n) is 14.2. The average molecular weight is 338 g/mol. The number of carbonyl (C=O) groups excluding carboxylic acids is 1. The largest absolute Gasteiger partial charge is 0.396 e. The summed E-state index contributed by atoms with van der Waals surface area (Å²) >= 11 is 1.26. The lowest BCUT2D eigenvalue weighted by atomic mass is 10.1. The van der Waals surface area contributed by atoms with Crippen LogP contribution in [0.4, 0.5) is 0 Å². The lowest BCUT2D eigenvalue weighted by Gasteiger charge is -2.03. The molecule has 0 radical (unpaired) electrons. The van der Waals surface area contributed by atoms with Gasteiger partial charge in [-0.15, -0.1) is 0 Å². The zero-order valence-corrected chi connectivity index (χ0v) is 15.0. The van der Waals surface area contributed by atoms with Crippen molar-refractivity contribution in [3.63, 3.8) is 0 Å². The van der Waals surface area contributed by atoms with Crippen LogP contribution in [0.15, 0.2) is 29.4 Å². The van der Waals surface area contributed by atoms with Crippen LogP contribution in [0.25, 0.3) is 0 Å². The SMILES string of the molecule is O=C(CCCCCCCCCCCCCO)Sc1ccccn1. The highest BCUT2D eigenvalue weighted by molar-refractivity contribution is 8.13. The van der Waals surface area contributed by atoms with Gasteiger partial charge in [0, 0.05) is 19.2 Å². The minimum Gasteiger partial charge on any atom is -0.396 e. The van der Waals surface area contributed by atoms with E-state index >= 15 is 0 Å². The molecule has 1 rings (SSSR count). The monoisotopic (exact) mass is 337 g/mol. The second kappa shape index (κ2) is 14.7. The predicted octanol–water partition coefficient (Wildman–Crippen LogP) is 5.37. The molecule has 0 unspecified atom stereocenters. The van der Waals surface area contributed by atoms with Crippen molar-refractivity contribution >= 4 is 16.9 Å². The first kappa shape index (κ1) is 20.2. The molecule has 1 N–H and O–H groups in total. The topological polar surface area (TPSA) is 50.2 Å². The van der Waals surface area contributed by atoms with Gasteiger partial charge in [-0.05, 0) is 36.7 Å². The molecule has 3 nitrogen and oxygen atoms in total. The molecule has 0 bridgehead atoms. The van der Waals surface area contributed by atoms with E-state index in [1.54, 1.807) is 6.20 Å². The molecular formula is C19H31NO2S. The number of unbranched alkanes of at least 4 members (excludes halogenated alkanes) is 10. The lowest BCUT2D eigenvalue weighted by Crippen LogP contribution is -1.92. The third-order valence-electron chi connectivity index (χ3n) is 3.90. The minimum absolute atomic E-state index is 0.228. The van der Waals surface area contributed by atoms with E-state index in [1.807, 2.05) is 18.2 Å². The molecule has 0 aliphatic rings. The molecule has 0 atom stereocenters. The summed E-state index contributed by atoms with van der Waals surface area (Å²) in [5.74, 6) is 0. The molecule has 0 aromatic carbocycles. The van der Waals surface area contributed by atoms with Crippen molar-refractivity contribution in [1.82, 2.24) is 4.98 Å². The van der Waals surface area contributed by atoms with Crippen molar-refractivity contribution in [3.05, 3.63) is 24.4 Å². The van der Waals surface area contributed by atoms with Crippen LogP contribution in [0.2, 0.25) is 0 Å². The van der Waals surface area contributed by atoms with Gasteiger partial charge < -0.3 is 5.11 Å². The van der Waals surface area contributed by atoms with Gasteiger partial charge in [-0.2, -0.15) is 0 Å². The molecule has 4 heteroatoms. The summed E-state index contributed by atoms with van der Waals surface area (Å²) in [6.07, 6.45) is 15.7. The normalized spacial score (nSPS) is 10.8. The van der Waals surface area contributed by atoms with Crippen LogP contribution in [0.3, 0.4) is 0 Å². The highest BCUT2D eigenvalue weighted by Gasteiger charge is 2.05. The number of aromatic nitrogens is 1. The molecule has 0 spiro atoms. The molecule has 0 fully saturated rings. The molecule has 1 aromatic heterocycles. The van der Waals surface area contributed by atoms with Gasteiger partial charge in [0.25, 0.3) is 0 Å². The molecule has 0 saturated heterocycles. The first-order chi connectivity index (χ1) is 11.3. The average Bonchev–Trinajstić information content (AvgIpc) is 2.57. The van der Waals surface area contributed by atoms with Gasteiger partial charge in [-0.25, -0.2) is 4.98 Å². The second-order valence-electron chi connectivity index (χ2n) is 6.00. The van der Waals surface area contributed by atoms with Gasteiger partial charge in [-0.3, -0.25) is 4.79 Å². The molecule has 0 amide bonds. The Hall–Kier alpha value is -0.870. The third-order valence-corrected chi connectivity index (χ3v) is 4.78. The highest BCUT2D eigenvalue weighted by atomic mass is 32.2. The fourth-order valence-corrected chi connectivity index (χ4v) is 3.29.